The van der Waals surface area contributed by atoms with Gasteiger partial charge >= 0.3 is 0 Å². The van der Waals surface area contributed by atoms with E-state index in [-0.39, 0.29) is 0 Å². The van der Waals surface area contributed by atoms with E-state index >= 15 is 0 Å². The maximum atomic E-state index is 9.21. The van der Waals surface area contributed by atoms with Crippen LogP contribution in [-0.4, -0.2) is 26.1 Å². The molecule has 0 rings (SSSR count). The van der Waals surface area contributed by atoms with E-state index in [1.807, 2.05) is 0 Å². The molecule has 1 N–H and O–H groups in total. The maximum absolute atomic E-state index is 9.21. The minimum absolute atomic E-state index is 0.304. The van der Waals surface area contributed by atoms with E-state index in [1.165, 1.54) is 12.8 Å². The molecule has 0 bridgehead atoms. The molecule has 0 aromatic rings. The van der Waals surface area contributed by atoms with Gasteiger partial charge in [0.1, 0.15) is 6.10 Å². The minimum Gasteiger partial charge on any atom is -0.417 e. The number of aliphatic hydroxyl groups is 1. The second kappa shape index (κ2) is 8.79. The lowest BCUT2D eigenvalue weighted by atomic mass is 10.1. The van der Waals surface area contributed by atoms with Crippen LogP contribution in [0.5, 0.6) is 0 Å². The molecule has 0 aliphatic heterocycles. The van der Waals surface area contributed by atoms with E-state index in [0.717, 1.165) is 32.3 Å². The molecule has 112 valence electrons. The van der Waals surface area contributed by atoms with Crippen LogP contribution in [0.2, 0.25) is 18.1 Å². The third kappa shape index (κ3) is 8.46. The van der Waals surface area contributed by atoms with Crippen molar-refractivity contribution in [3.8, 4) is 12.3 Å². The Morgan fingerprint density at radius 1 is 1.11 bits per heavy atom. The summed E-state index contributed by atoms with van der Waals surface area (Å²) in [6.45, 7) is 12.3. The van der Waals surface area contributed by atoms with Gasteiger partial charge in [-0.2, -0.15) is 0 Å². The first-order valence-corrected chi connectivity index (χ1v) is 10.4. The number of terminal acetylenes is 1. The van der Waals surface area contributed by atoms with E-state index < -0.39 is 14.4 Å². The van der Waals surface area contributed by atoms with Crippen molar-refractivity contribution >= 4 is 8.32 Å². The van der Waals surface area contributed by atoms with Gasteiger partial charge in [-0.3, -0.25) is 0 Å². The molecule has 0 saturated heterocycles. The van der Waals surface area contributed by atoms with Crippen molar-refractivity contribution in [1.82, 2.24) is 0 Å². The number of rotatable bonds is 9. The van der Waals surface area contributed by atoms with Gasteiger partial charge < -0.3 is 9.53 Å². The van der Waals surface area contributed by atoms with Crippen LogP contribution >= 0.6 is 0 Å². The predicted molar refractivity (Wildman–Crippen MR) is 85.7 cm³/mol. The molecule has 2 nitrogen and oxygen atoms in total. The highest BCUT2D eigenvalue weighted by Crippen LogP contribution is 2.36. The summed E-state index contributed by atoms with van der Waals surface area (Å²) in [6, 6.07) is 0. The van der Waals surface area contributed by atoms with Crippen LogP contribution in [0.25, 0.3) is 0 Å². The Kier molecular flexibility index (Phi) is 8.65. The van der Waals surface area contributed by atoms with Gasteiger partial charge in [0.15, 0.2) is 8.32 Å². The van der Waals surface area contributed by atoms with E-state index in [0.29, 0.717) is 5.04 Å². The quantitative estimate of drug-likeness (QED) is 0.388. The SMILES string of the molecule is C#C[C@H](O)CCCCCCCO[Si](C)(C)C(C)(C)C. The zero-order chi connectivity index (χ0) is 14.9. The molecule has 0 saturated carbocycles. The summed E-state index contributed by atoms with van der Waals surface area (Å²) >= 11 is 0. The molecule has 0 amide bonds. The normalized spacial score (nSPS) is 14.2. The smallest absolute Gasteiger partial charge is 0.191 e. The molecule has 3 heteroatoms. The third-order valence-electron chi connectivity index (χ3n) is 4.08. The fourth-order valence-corrected chi connectivity index (χ4v) is 2.68. The molecule has 19 heavy (non-hydrogen) atoms. The predicted octanol–water partition coefficient (Wildman–Crippen LogP) is 4.34. The molecular formula is C16H32O2Si. The third-order valence-corrected chi connectivity index (χ3v) is 8.62. The van der Waals surface area contributed by atoms with Crippen molar-refractivity contribution in [2.45, 2.75) is 83.5 Å². The zero-order valence-corrected chi connectivity index (χ0v) is 14.5. The number of unbranched alkanes of at least 4 members (excludes halogenated alkanes) is 4. The van der Waals surface area contributed by atoms with Crippen molar-refractivity contribution in [2.75, 3.05) is 6.61 Å². The second-order valence-corrected chi connectivity index (χ2v) is 11.7. The van der Waals surface area contributed by atoms with Crippen molar-refractivity contribution in [3.63, 3.8) is 0 Å². The summed E-state index contributed by atoms with van der Waals surface area (Å²) in [4.78, 5) is 0. The summed E-state index contributed by atoms with van der Waals surface area (Å²) in [5, 5.41) is 9.52. The standard InChI is InChI=1S/C16H32O2Si/c1-7-15(17)13-11-9-8-10-12-14-18-19(5,6)16(2,3)4/h1,15,17H,8-14H2,2-6H3/t15-/m0/s1. The molecule has 0 aliphatic carbocycles. The summed E-state index contributed by atoms with van der Waals surface area (Å²) in [5.74, 6) is 2.35. The Morgan fingerprint density at radius 3 is 2.16 bits per heavy atom. The van der Waals surface area contributed by atoms with Gasteiger partial charge in [0, 0.05) is 6.61 Å². The van der Waals surface area contributed by atoms with Crippen molar-refractivity contribution in [2.24, 2.45) is 0 Å². The summed E-state index contributed by atoms with van der Waals surface area (Å²) in [5.41, 5.74) is 0. The molecule has 0 radical (unpaired) electrons. The van der Waals surface area contributed by atoms with Gasteiger partial charge in [-0.1, -0.05) is 46.0 Å². The van der Waals surface area contributed by atoms with Crippen LogP contribution in [0, 0.1) is 12.3 Å². The Labute approximate surface area is 121 Å². The van der Waals surface area contributed by atoms with Crippen LogP contribution in [0.3, 0.4) is 0 Å². The molecule has 0 heterocycles. The zero-order valence-electron chi connectivity index (χ0n) is 13.5. The molecule has 1 atom stereocenters. The second-order valence-electron chi connectivity index (χ2n) is 6.85. The van der Waals surface area contributed by atoms with Crippen LogP contribution in [0.1, 0.15) is 59.3 Å². The molecule has 0 unspecified atom stereocenters. The van der Waals surface area contributed by atoms with Gasteiger partial charge in [-0.05, 0) is 37.4 Å². The highest BCUT2D eigenvalue weighted by atomic mass is 28.4. The molecule has 0 fully saturated rings. The van der Waals surface area contributed by atoms with E-state index in [4.69, 9.17) is 10.8 Å². The van der Waals surface area contributed by atoms with Gasteiger partial charge in [0.2, 0.25) is 0 Å². The van der Waals surface area contributed by atoms with Crippen molar-refractivity contribution < 1.29 is 9.53 Å². The molecule has 0 aliphatic rings. The monoisotopic (exact) mass is 284 g/mol. The molecule has 0 aromatic carbocycles. The fourth-order valence-electron chi connectivity index (χ4n) is 1.60. The van der Waals surface area contributed by atoms with E-state index in [2.05, 4.69) is 39.8 Å². The lowest BCUT2D eigenvalue weighted by Gasteiger charge is -2.36. The van der Waals surface area contributed by atoms with Crippen molar-refractivity contribution in [1.29, 1.82) is 0 Å². The highest BCUT2D eigenvalue weighted by molar-refractivity contribution is 6.74. The Bertz CT molecular complexity index is 273. The van der Waals surface area contributed by atoms with Gasteiger partial charge in [0.05, 0.1) is 0 Å². The largest absolute Gasteiger partial charge is 0.417 e. The molecule has 0 aromatic heterocycles. The Hall–Kier alpha value is -0.303. The summed E-state index contributed by atoms with van der Waals surface area (Å²) in [6.07, 6.45) is 11.0. The lowest BCUT2D eigenvalue weighted by Crippen LogP contribution is -2.40. The first kappa shape index (κ1) is 18.7. The average molecular weight is 285 g/mol. The summed E-state index contributed by atoms with van der Waals surface area (Å²) < 4.78 is 6.13. The van der Waals surface area contributed by atoms with Crippen LogP contribution < -0.4 is 0 Å². The Balaban J connectivity index is 3.49. The van der Waals surface area contributed by atoms with E-state index in [9.17, 15) is 5.11 Å². The number of hydrogen-bond donors (Lipinski definition) is 1. The van der Waals surface area contributed by atoms with Gasteiger partial charge in [0.25, 0.3) is 0 Å². The average Bonchev–Trinajstić information content (AvgIpc) is 2.30. The van der Waals surface area contributed by atoms with Crippen LogP contribution in [-0.2, 0) is 4.43 Å². The Morgan fingerprint density at radius 2 is 1.63 bits per heavy atom. The molecule has 0 spiro atoms. The topological polar surface area (TPSA) is 29.5 Å². The highest BCUT2D eigenvalue weighted by Gasteiger charge is 2.36. The van der Waals surface area contributed by atoms with Crippen molar-refractivity contribution in [3.05, 3.63) is 0 Å². The van der Waals surface area contributed by atoms with Crippen LogP contribution in [0.4, 0.5) is 0 Å². The summed E-state index contributed by atoms with van der Waals surface area (Å²) in [7, 11) is -1.56. The van der Waals surface area contributed by atoms with Gasteiger partial charge in [-0.25, -0.2) is 0 Å². The van der Waals surface area contributed by atoms with Gasteiger partial charge in [-0.15, -0.1) is 6.42 Å². The molecular weight excluding hydrogens is 252 g/mol. The number of hydrogen-bond acceptors (Lipinski definition) is 2. The van der Waals surface area contributed by atoms with E-state index in [1.54, 1.807) is 0 Å². The number of aliphatic hydroxyl groups excluding tert-OH is 1. The van der Waals surface area contributed by atoms with Crippen LogP contribution in [0.15, 0.2) is 0 Å². The first-order chi connectivity index (χ1) is 8.70. The fraction of sp³-hybridized carbons (Fsp3) is 0.875. The maximum Gasteiger partial charge on any atom is 0.191 e. The lowest BCUT2D eigenvalue weighted by molar-refractivity contribution is 0.217. The first-order valence-electron chi connectivity index (χ1n) is 7.49. The minimum atomic E-state index is -1.56.